The smallest absolute Gasteiger partial charge is 0.106 e. The minimum atomic E-state index is -0.167. The van der Waals surface area contributed by atoms with E-state index in [1.165, 1.54) is 54.5 Å². The Morgan fingerprint density at radius 1 is 0.353 bits per heavy atom. The maximum Gasteiger partial charge on any atom is 0.106 e. The van der Waals surface area contributed by atoms with Crippen LogP contribution >= 0.6 is 0 Å². The van der Waals surface area contributed by atoms with Gasteiger partial charge >= 0.3 is 0 Å². The molecule has 444 valence electrons. The normalized spacial score (nSPS) is 5.65. The van der Waals surface area contributed by atoms with Gasteiger partial charge in [0.1, 0.15) is 61.1 Å². The van der Waals surface area contributed by atoms with Gasteiger partial charge in [-0.15, -0.1) is 0 Å². The first-order chi connectivity index (χ1) is 30.3. The van der Waals surface area contributed by atoms with E-state index in [0.29, 0.717) is 0 Å². The topological polar surface area (TPSA) is 453 Å². The Labute approximate surface area is 429 Å². The summed E-state index contributed by atoms with van der Waals surface area (Å²) in [5, 5.41) is 8.06. The highest BCUT2D eigenvalue weighted by molar-refractivity contribution is 5.12. The Bertz CT molecular complexity index is 360. The molecule has 0 saturated heterocycles. The van der Waals surface area contributed by atoms with E-state index < -0.39 is 0 Å². The molecule has 0 aliphatic rings. The third kappa shape index (κ3) is 5470. The molecule has 0 saturated carbocycles. The maximum absolute atomic E-state index is 8.06. The number of carbonyl (C=O) groups excluding carboxylic acids is 9. The highest BCUT2D eigenvalue weighted by atomic mass is 16.5. The molecule has 0 radical (unpaired) electrons. The van der Waals surface area contributed by atoms with Crippen molar-refractivity contribution >= 4 is 61.1 Å². The zero-order chi connectivity index (χ0) is 59.9. The molecule has 0 aliphatic carbocycles. The first-order valence-corrected chi connectivity index (χ1v) is 21.1. The van der Waals surface area contributed by atoms with Gasteiger partial charge in [0.05, 0.1) is 5.60 Å². The molecule has 20 heteroatoms. The molecule has 0 heterocycles. The average molecular weight is 1020 g/mol. The minimum Gasteiger partial charge on any atom is -0.394 e. The molecule has 0 amide bonds. The fourth-order valence-corrected chi connectivity index (χ4v) is 0.433. The third-order valence-corrected chi connectivity index (χ3v) is 3.03. The molecular formula is C48H141N9O11. The number of hydrogen-bond acceptors (Lipinski definition) is 20. The van der Waals surface area contributed by atoms with Crippen LogP contribution in [-0.2, 0) is 47.9 Å². The van der Waals surface area contributed by atoms with Gasteiger partial charge in [-0.2, -0.15) is 0 Å². The Morgan fingerprint density at radius 2 is 0.412 bits per heavy atom. The zero-order valence-electron chi connectivity index (χ0n) is 51.8. The van der Waals surface area contributed by atoms with Crippen LogP contribution in [0.1, 0.15) is 185 Å². The number of rotatable bonds is 4. The Balaban J connectivity index is -0.0000000105. The molecule has 0 rings (SSSR count). The van der Waals surface area contributed by atoms with Crippen LogP contribution in [0.3, 0.4) is 0 Å². The average Bonchev–Trinajstić information content (AvgIpc) is 3.37. The number of hydrogen-bond donors (Lipinski definition) is 10. The van der Waals surface area contributed by atoms with Crippen LogP contribution in [0, 0.1) is 23.7 Å². The van der Waals surface area contributed by atoms with Gasteiger partial charge in [-0.3, -0.25) is 0 Å². The summed E-state index contributed by atoms with van der Waals surface area (Å²) in [6.45, 7) is 68.8. The fraction of sp³-hybridized carbons (Fsp3) is 0.812. The van der Waals surface area contributed by atoms with E-state index in [-0.39, 0.29) is 36.3 Å². The van der Waals surface area contributed by atoms with Crippen molar-refractivity contribution in [1.82, 2.24) is 24.6 Å². The first kappa shape index (κ1) is 185. The Morgan fingerprint density at radius 3 is 0.412 bits per heavy atom. The predicted octanol–water partition coefficient (Wildman–Crippen LogP) is 9.97. The summed E-state index contributed by atoms with van der Waals surface area (Å²) < 4.78 is 5.23. The molecule has 0 spiro atoms. The van der Waals surface area contributed by atoms with Gasteiger partial charge in [-0.1, -0.05) is 144 Å². The van der Waals surface area contributed by atoms with Gasteiger partial charge in [-0.05, 0) is 100 Å². The van der Waals surface area contributed by atoms with Crippen LogP contribution in [0.15, 0.2) is 0 Å². The lowest BCUT2D eigenvalue weighted by Crippen LogP contribution is -2.18. The number of aliphatic hydroxyl groups excluding tert-OH is 1. The summed E-state index contributed by atoms with van der Waals surface area (Å²) in [5.74, 6) is 3.49. The summed E-state index contributed by atoms with van der Waals surface area (Å²) >= 11 is 0. The highest BCUT2D eigenvalue weighted by Gasteiger charge is 2.06. The van der Waals surface area contributed by atoms with Crippen molar-refractivity contribution in [2.45, 2.75) is 197 Å². The number of ether oxygens (including phenoxy) is 1. The van der Waals surface area contributed by atoms with Crippen molar-refractivity contribution in [3.63, 3.8) is 0 Å². The number of carbonyl (C=O) groups is 9. The quantitative estimate of drug-likeness (QED) is 0.125. The molecule has 20 nitrogen and oxygen atoms in total. The van der Waals surface area contributed by atoms with Gasteiger partial charge in [0.15, 0.2) is 0 Å². The lowest BCUT2D eigenvalue weighted by Gasteiger charge is -2.17. The van der Waals surface area contributed by atoms with E-state index in [4.69, 9.17) is 53.0 Å². The second kappa shape index (κ2) is 488. The molecule has 0 bridgehead atoms. The fourth-order valence-electron chi connectivity index (χ4n) is 0.433. The first-order valence-electron chi connectivity index (χ1n) is 21.1. The third-order valence-electron chi connectivity index (χ3n) is 3.03. The van der Waals surface area contributed by atoms with Crippen LogP contribution in [0.5, 0.6) is 0 Å². The second-order valence-electron chi connectivity index (χ2n) is 10.8. The van der Waals surface area contributed by atoms with Gasteiger partial charge in [0.2, 0.25) is 0 Å². The number of aliphatic hydroxyl groups is 1. The molecule has 0 aromatic heterocycles. The summed E-state index contributed by atoms with van der Waals surface area (Å²) in [5.41, 5.74) is 22.6. The van der Waals surface area contributed by atoms with Crippen molar-refractivity contribution in [1.29, 1.82) is 0 Å². The Kier molecular flexibility index (Phi) is 1330. The lowest BCUT2D eigenvalue weighted by molar-refractivity contribution is -0.0987. The SMILES string of the molecule is C=O.C=O.C=O.C=O.C=O.C=O.C=O.C=O.C=O.CC.CC.CC.CC(C)C.CC(C)O.CCC(C)C.CCC(C)C.CCC(C)C.CCOC(C)(C)C.CN.CN.CN.CN.CN.N.N.N.N. The van der Waals surface area contributed by atoms with E-state index in [1.54, 1.807) is 13.8 Å². The van der Waals surface area contributed by atoms with E-state index in [0.717, 1.165) is 30.3 Å². The zero-order valence-corrected chi connectivity index (χ0v) is 51.8. The van der Waals surface area contributed by atoms with Crippen LogP contribution in [0.25, 0.3) is 0 Å². The molecule has 23 N–H and O–H groups in total. The summed E-state index contributed by atoms with van der Waals surface area (Å²) in [6.07, 6.45) is 3.75. The molecule has 0 fully saturated rings. The monoisotopic (exact) mass is 1020 g/mol. The molecular weight excluding hydrogens is 879 g/mol. The summed E-state index contributed by atoms with van der Waals surface area (Å²) in [4.78, 5) is 72.0. The predicted molar refractivity (Wildman–Crippen MR) is 313 cm³/mol. The Hall–Kier alpha value is -3.41. The van der Waals surface area contributed by atoms with Gasteiger partial charge in [0, 0.05) is 12.7 Å². The molecule has 68 heavy (non-hydrogen) atoms. The molecule has 0 atom stereocenters. The van der Waals surface area contributed by atoms with Gasteiger partial charge in [0.25, 0.3) is 0 Å². The second-order valence-corrected chi connectivity index (χ2v) is 10.8. The standard InChI is InChI=1S/C6H14O.3C5H12.C4H10.C3H8O.3C2H6.5CH5N.9CH2O.4H3N/c1-5-7-6(2,3)4;3*1-4-5(2)3;1-4(2)3;1-3(2)4;17*1-2;;;;/h5H2,1-4H3;3*5H,4H2,1-3H3;4H,1-3H3;3-4H,1-2H3;3*1-2H3;5*2H2,1H3;9*1H2;4*1H3. The summed E-state index contributed by atoms with van der Waals surface area (Å²) in [6, 6.07) is 0. The largest absolute Gasteiger partial charge is 0.394 e. The van der Waals surface area contributed by atoms with Crippen LogP contribution in [0.4, 0.5) is 0 Å². The van der Waals surface area contributed by atoms with Gasteiger partial charge < -0.3 is 106 Å². The van der Waals surface area contributed by atoms with E-state index in [1.807, 2.05) is 110 Å². The molecule has 0 aromatic carbocycles. The van der Waals surface area contributed by atoms with Crippen LogP contribution < -0.4 is 53.3 Å². The van der Waals surface area contributed by atoms with E-state index >= 15 is 0 Å². The van der Waals surface area contributed by atoms with Crippen molar-refractivity contribution in [3.05, 3.63) is 0 Å². The van der Waals surface area contributed by atoms with Crippen LogP contribution in [0.2, 0.25) is 0 Å². The van der Waals surface area contributed by atoms with Gasteiger partial charge in [-0.25, -0.2) is 0 Å². The van der Waals surface area contributed by atoms with Crippen molar-refractivity contribution in [3.8, 4) is 0 Å². The molecule has 0 unspecified atom stereocenters. The van der Waals surface area contributed by atoms with Crippen molar-refractivity contribution in [2.24, 2.45) is 52.3 Å². The molecule has 0 aromatic rings. The maximum atomic E-state index is 8.06. The van der Waals surface area contributed by atoms with Crippen LogP contribution in [-0.4, -0.2) is 120 Å². The summed E-state index contributed by atoms with van der Waals surface area (Å²) in [7, 11) is 7.50. The van der Waals surface area contributed by atoms with Crippen molar-refractivity contribution < 1.29 is 53.0 Å². The van der Waals surface area contributed by atoms with E-state index in [2.05, 4.69) is 133 Å². The molecule has 0 aliphatic heterocycles. The van der Waals surface area contributed by atoms with Crippen molar-refractivity contribution in [2.75, 3.05) is 41.8 Å². The lowest BCUT2D eigenvalue weighted by atomic mass is 10.2. The number of nitrogens with two attached hydrogens (primary N) is 5. The minimum absolute atomic E-state index is 0. The van der Waals surface area contributed by atoms with E-state index in [9.17, 15) is 0 Å². The highest BCUT2D eigenvalue weighted by Crippen LogP contribution is 2.04.